The lowest BCUT2D eigenvalue weighted by Crippen LogP contribution is -2.37. The molecule has 0 aliphatic carbocycles. The van der Waals surface area contributed by atoms with Crippen LogP contribution in [0.3, 0.4) is 0 Å². The number of nitrogens with one attached hydrogen (secondary N) is 1. The van der Waals surface area contributed by atoms with Gasteiger partial charge in [0.1, 0.15) is 0 Å². The second-order valence-corrected chi connectivity index (χ2v) is 9.43. The highest BCUT2D eigenvalue weighted by Crippen LogP contribution is 2.26. The van der Waals surface area contributed by atoms with Crippen molar-refractivity contribution >= 4 is 27.3 Å². The van der Waals surface area contributed by atoms with Crippen molar-refractivity contribution in [2.75, 3.05) is 26.2 Å². The van der Waals surface area contributed by atoms with Gasteiger partial charge in [-0.05, 0) is 37.7 Å². The molecule has 2 fully saturated rings. The maximum absolute atomic E-state index is 12.7. The molecule has 0 bridgehead atoms. The lowest BCUT2D eigenvalue weighted by atomic mass is 10.0. The van der Waals surface area contributed by atoms with Gasteiger partial charge in [-0.3, -0.25) is 4.79 Å². The molecule has 24 heavy (non-hydrogen) atoms. The van der Waals surface area contributed by atoms with E-state index in [1.807, 2.05) is 0 Å². The first kappa shape index (κ1) is 17.8. The topological polar surface area (TPSA) is 75.7 Å². The van der Waals surface area contributed by atoms with Crippen LogP contribution in [0.5, 0.6) is 0 Å². The largest absolute Gasteiger partial charge is 0.376 e. The molecule has 3 rings (SSSR count). The summed E-state index contributed by atoms with van der Waals surface area (Å²) in [5.74, 6) is 0.335. The highest BCUT2D eigenvalue weighted by Gasteiger charge is 2.29. The van der Waals surface area contributed by atoms with Gasteiger partial charge >= 0.3 is 0 Å². The Kier molecular flexibility index (Phi) is 5.59. The summed E-state index contributed by atoms with van der Waals surface area (Å²) in [6.45, 7) is 4.48. The minimum absolute atomic E-state index is 0.0763. The Morgan fingerprint density at radius 3 is 2.79 bits per heavy atom. The van der Waals surface area contributed by atoms with Crippen LogP contribution >= 0.6 is 11.3 Å². The molecule has 0 aromatic carbocycles. The van der Waals surface area contributed by atoms with Gasteiger partial charge in [0.25, 0.3) is 5.91 Å². The third-order valence-electron chi connectivity index (χ3n) is 4.69. The third-order valence-corrected chi connectivity index (χ3v) is 7.65. The first-order chi connectivity index (χ1) is 11.5. The van der Waals surface area contributed by atoms with E-state index in [9.17, 15) is 13.2 Å². The molecule has 1 aromatic heterocycles. The number of hydrogen-bond acceptors (Lipinski definition) is 5. The third kappa shape index (κ3) is 3.99. The lowest BCUT2D eigenvalue weighted by molar-refractivity contribution is 0.0861. The summed E-state index contributed by atoms with van der Waals surface area (Å²) in [5.41, 5.74) is 0. The summed E-state index contributed by atoms with van der Waals surface area (Å²) in [6.07, 6.45) is 3.83. The number of thiophene rings is 1. The van der Waals surface area contributed by atoms with Crippen LogP contribution < -0.4 is 5.32 Å². The monoisotopic (exact) mass is 372 g/mol. The number of carbonyl (C=O) groups is 1. The number of piperidine rings is 1. The van der Waals surface area contributed by atoms with Crippen LogP contribution in [0.4, 0.5) is 0 Å². The average molecular weight is 373 g/mol. The van der Waals surface area contributed by atoms with Gasteiger partial charge < -0.3 is 10.1 Å². The summed E-state index contributed by atoms with van der Waals surface area (Å²) in [6, 6.07) is 1.49. The van der Waals surface area contributed by atoms with E-state index in [1.54, 1.807) is 5.38 Å². The molecule has 3 heterocycles. The SMILES string of the molecule is CC1CCN(S(=O)(=O)c2csc(C(=O)NC[C@H]3CCCO3)c2)CC1. The zero-order valence-corrected chi connectivity index (χ0v) is 15.5. The molecule has 8 heteroatoms. The number of ether oxygens (including phenoxy) is 1. The molecule has 1 N–H and O–H groups in total. The Morgan fingerprint density at radius 1 is 1.38 bits per heavy atom. The van der Waals surface area contributed by atoms with Crippen molar-refractivity contribution in [3.05, 3.63) is 16.3 Å². The smallest absolute Gasteiger partial charge is 0.261 e. The molecule has 6 nitrogen and oxygen atoms in total. The number of hydrogen-bond donors (Lipinski definition) is 1. The van der Waals surface area contributed by atoms with E-state index in [-0.39, 0.29) is 16.9 Å². The summed E-state index contributed by atoms with van der Waals surface area (Å²) in [7, 11) is -3.49. The summed E-state index contributed by atoms with van der Waals surface area (Å²) >= 11 is 1.17. The van der Waals surface area contributed by atoms with Crippen LogP contribution in [0.15, 0.2) is 16.3 Å². The van der Waals surface area contributed by atoms with Crippen molar-refractivity contribution in [1.82, 2.24) is 9.62 Å². The summed E-state index contributed by atoms with van der Waals surface area (Å²) < 4.78 is 32.4. The van der Waals surface area contributed by atoms with Crippen molar-refractivity contribution in [2.24, 2.45) is 5.92 Å². The number of carbonyl (C=O) groups excluding carboxylic acids is 1. The Bertz CT molecular complexity index is 672. The van der Waals surface area contributed by atoms with Crippen molar-refractivity contribution in [3.63, 3.8) is 0 Å². The number of amides is 1. The predicted octanol–water partition coefficient (Wildman–Crippen LogP) is 2.08. The van der Waals surface area contributed by atoms with E-state index >= 15 is 0 Å². The molecule has 134 valence electrons. The molecule has 0 saturated carbocycles. The van der Waals surface area contributed by atoms with E-state index in [0.717, 1.165) is 32.3 Å². The van der Waals surface area contributed by atoms with Gasteiger partial charge in [-0.15, -0.1) is 11.3 Å². The van der Waals surface area contributed by atoms with E-state index in [4.69, 9.17) is 4.74 Å². The average Bonchev–Trinajstić information content (AvgIpc) is 3.25. The molecule has 0 unspecified atom stereocenters. The van der Waals surface area contributed by atoms with Gasteiger partial charge in [-0.1, -0.05) is 6.92 Å². The van der Waals surface area contributed by atoms with Crippen molar-refractivity contribution in [2.45, 2.75) is 43.6 Å². The van der Waals surface area contributed by atoms with Crippen molar-refractivity contribution < 1.29 is 17.9 Å². The highest BCUT2D eigenvalue weighted by molar-refractivity contribution is 7.89. The highest BCUT2D eigenvalue weighted by atomic mass is 32.2. The lowest BCUT2D eigenvalue weighted by Gasteiger charge is -2.29. The Labute approximate surface area is 147 Å². The molecule has 0 spiro atoms. The molecule has 0 radical (unpaired) electrons. The molecule has 2 aliphatic rings. The standard InChI is InChI=1S/C16H24N2O4S2/c1-12-4-6-18(7-5-12)24(20,21)14-9-15(23-11-14)16(19)17-10-13-3-2-8-22-13/h9,11-13H,2-8,10H2,1H3,(H,17,19)/t13-/m1/s1. The Balaban J connectivity index is 1.62. The fraction of sp³-hybridized carbons (Fsp3) is 0.688. The molecular formula is C16H24N2O4S2. The van der Waals surface area contributed by atoms with Gasteiger partial charge in [-0.2, -0.15) is 4.31 Å². The molecule has 2 aliphatic heterocycles. The van der Waals surface area contributed by atoms with E-state index in [2.05, 4.69) is 12.2 Å². The summed E-state index contributed by atoms with van der Waals surface area (Å²) in [5, 5.41) is 4.39. The minimum Gasteiger partial charge on any atom is -0.376 e. The maximum atomic E-state index is 12.7. The second kappa shape index (κ2) is 7.51. The van der Waals surface area contributed by atoms with Gasteiger partial charge in [0.2, 0.25) is 10.0 Å². The van der Waals surface area contributed by atoms with Gasteiger partial charge in [-0.25, -0.2) is 8.42 Å². The molecule has 1 aromatic rings. The Morgan fingerprint density at radius 2 is 2.12 bits per heavy atom. The predicted molar refractivity (Wildman–Crippen MR) is 92.8 cm³/mol. The quantitative estimate of drug-likeness (QED) is 0.859. The van der Waals surface area contributed by atoms with E-state index < -0.39 is 10.0 Å². The fourth-order valence-corrected chi connectivity index (χ4v) is 5.69. The van der Waals surface area contributed by atoms with Gasteiger partial charge in [0.15, 0.2) is 0 Å². The van der Waals surface area contributed by atoms with Crippen LogP contribution in [-0.2, 0) is 14.8 Å². The molecule has 1 amide bonds. The number of sulfonamides is 1. The summed E-state index contributed by atoms with van der Waals surface area (Å²) in [4.78, 5) is 12.9. The van der Waals surface area contributed by atoms with Crippen LogP contribution in [0, 0.1) is 5.92 Å². The zero-order valence-electron chi connectivity index (χ0n) is 13.9. The first-order valence-corrected chi connectivity index (χ1v) is 10.8. The van der Waals surface area contributed by atoms with Crippen molar-refractivity contribution in [1.29, 1.82) is 0 Å². The Hall–Kier alpha value is -0.960. The molecule has 2 saturated heterocycles. The zero-order chi connectivity index (χ0) is 17.2. The van der Waals surface area contributed by atoms with Crippen molar-refractivity contribution in [3.8, 4) is 0 Å². The van der Waals surface area contributed by atoms with Crippen LogP contribution in [-0.4, -0.2) is 51.0 Å². The molecular weight excluding hydrogens is 348 g/mol. The van der Waals surface area contributed by atoms with E-state index in [1.165, 1.54) is 21.7 Å². The first-order valence-electron chi connectivity index (χ1n) is 8.45. The minimum atomic E-state index is -3.49. The second-order valence-electron chi connectivity index (χ2n) is 6.58. The van der Waals surface area contributed by atoms with Crippen LogP contribution in [0.25, 0.3) is 0 Å². The van der Waals surface area contributed by atoms with E-state index in [0.29, 0.717) is 30.4 Å². The van der Waals surface area contributed by atoms with Crippen LogP contribution in [0.1, 0.15) is 42.3 Å². The van der Waals surface area contributed by atoms with Gasteiger partial charge in [0, 0.05) is 31.6 Å². The van der Waals surface area contributed by atoms with Gasteiger partial charge in [0.05, 0.1) is 15.9 Å². The maximum Gasteiger partial charge on any atom is 0.261 e. The fourth-order valence-electron chi connectivity index (χ4n) is 3.05. The molecule has 1 atom stereocenters. The normalized spacial score (nSPS) is 23.5. The van der Waals surface area contributed by atoms with Crippen LogP contribution in [0.2, 0.25) is 0 Å². The number of rotatable bonds is 5. The number of nitrogens with zero attached hydrogens (tertiary/aromatic N) is 1.